The van der Waals surface area contributed by atoms with E-state index in [2.05, 4.69) is 0 Å². The average molecular weight is 400 g/mol. The van der Waals surface area contributed by atoms with E-state index in [1.165, 1.54) is 12.1 Å². The second-order valence-corrected chi connectivity index (χ2v) is 7.63. The van der Waals surface area contributed by atoms with Crippen LogP contribution in [0, 0.1) is 5.82 Å². The molecule has 0 saturated heterocycles. The minimum absolute atomic E-state index is 0.120. The third-order valence-corrected chi connectivity index (χ3v) is 4.59. The summed E-state index contributed by atoms with van der Waals surface area (Å²) >= 11 is 12.0. The van der Waals surface area contributed by atoms with Crippen molar-refractivity contribution >= 4 is 29.1 Å². The van der Waals surface area contributed by atoms with Crippen molar-refractivity contribution in [2.45, 2.75) is 51.6 Å². The molecule has 0 aliphatic carbocycles. The number of benzene rings is 1. The van der Waals surface area contributed by atoms with Crippen LogP contribution in [-0.4, -0.2) is 28.8 Å². The highest BCUT2D eigenvalue weighted by molar-refractivity contribution is 6.29. The van der Waals surface area contributed by atoms with Crippen molar-refractivity contribution in [1.29, 1.82) is 0 Å². The van der Waals surface area contributed by atoms with Gasteiger partial charge in [0.2, 0.25) is 0 Å². The smallest absolute Gasteiger partial charge is 0.263 e. The lowest BCUT2D eigenvalue weighted by molar-refractivity contribution is -0.142. The lowest BCUT2D eigenvalue weighted by atomic mass is 9.99. The van der Waals surface area contributed by atoms with Crippen LogP contribution in [0.2, 0.25) is 0 Å². The second kappa shape index (κ2) is 9.43. The highest BCUT2D eigenvalue weighted by atomic mass is 35.5. The summed E-state index contributed by atoms with van der Waals surface area (Å²) in [6.07, 6.45) is 4.00. The van der Waals surface area contributed by atoms with Crippen LogP contribution < -0.4 is 0 Å². The molecule has 1 amide bonds. The number of nitrogens with zero attached hydrogens (tertiary/aromatic N) is 1. The zero-order valence-corrected chi connectivity index (χ0v) is 16.8. The van der Waals surface area contributed by atoms with Crippen molar-refractivity contribution in [3.05, 3.63) is 58.1 Å². The fourth-order valence-electron chi connectivity index (χ4n) is 2.83. The molecule has 2 rings (SSSR count). The largest absolute Gasteiger partial charge is 0.479 e. The summed E-state index contributed by atoms with van der Waals surface area (Å²) in [5.74, 6) is 0.0256. The summed E-state index contributed by atoms with van der Waals surface area (Å²) in [6, 6.07) is 4.74. The molecule has 0 aromatic heterocycles. The Balaban J connectivity index is 2.12. The average Bonchev–Trinajstić information content (AvgIpc) is 2.60. The van der Waals surface area contributed by atoms with E-state index in [1.54, 1.807) is 30.0 Å². The quantitative estimate of drug-likeness (QED) is 0.375. The first kappa shape index (κ1) is 20.8. The van der Waals surface area contributed by atoms with E-state index < -0.39 is 6.10 Å². The van der Waals surface area contributed by atoms with Gasteiger partial charge in [-0.05, 0) is 56.0 Å². The van der Waals surface area contributed by atoms with Crippen LogP contribution in [0.1, 0.15) is 38.3 Å². The van der Waals surface area contributed by atoms with E-state index in [4.69, 9.17) is 27.9 Å². The van der Waals surface area contributed by atoms with Gasteiger partial charge in [0.15, 0.2) is 6.10 Å². The molecule has 0 saturated carbocycles. The summed E-state index contributed by atoms with van der Waals surface area (Å²) in [6.45, 7) is 6.39. The molecular weight excluding hydrogens is 376 g/mol. The van der Waals surface area contributed by atoms with Crippen molar-refractivity contribution < 1.29 is 13.9 Å². The Hall–Kier alpha value is -1.52. The predicted octanol–water partition coefficient (Wildman–Crippen LogP) is 5.16. The summed E-state index contributed by atoms with van der Waals surface area (Å²) in [5.41, 5.74) is 1.93. The van der Waals surface area contributed by atoms with Gasteiger partial charge in [-0.15, -0.1) is 11.6 Å². The van der Waals surface area contributed by atoms with Gasteiger partial charge in [0.1, 0.15) is 11.6 Å². The minimum Gasteiger partial charge on any atom is -0.479 e. The fourth-order valence-corrected chi connectivity index (χ4v) is 3.01. The van der Waals surface area contributed by atoms with Crippen LogP contribution in [0.15, 0.2) is 41.1 Å². The van der Waals surface area contributed by atoms with Crippen LogP contribution in [0.25, 0.3) is 0 Å². The number of allylic oxidation sites excluding steroid dienone is 3. The Morgan fingerprint density at radius 2 is 2.15 bits per heavy atom. The number of halogens is 3. The molecule has 2 unspecified atom stereocenters. The van der Waals surface area contributed by atoms with Crippen LogP contribution in [-0.2, 0) is 22.5 Å². The zero-order valence-electron chi connectivity index (χ0n) is 15.3. The predicted molar refractivity (Wildman–Crippen MR) is 104 cm³/mol. The van der Waals surface area contributed by atoms with Crippen molar-refractivity contribution in [2.75, 3.05) is 6.54 Å². The van der Waals surface area contributed by atoms with Crippen LogP contribution in [0.3, 0.4) is 0 Å². The second-order valence-electron chi connectivity index (χ2n) is 6.37. The third-order valence-electron chi connectivity index (χ3n) is 4.26. The molecule has 0 bridgehead atoms. The van der Waals surface area contributed by atoms with Gasteiger partial charge < -0.3 is 9.64 Å². The van der Waals surface area contributed by atoms with Gasteiger partial charge in [-0.25, -0.2) is 4.39 Å². The molecule has 26 heavy (non-hydrogen) atoms. The maximum atomic E-state index is 13.5. The van der Waals surface area contributed by atoms with Gasteiger partial charge in [-0.1, -0.05) is 30.7 Å². The summed E-state index contributed by atoms with van der Waals surface area (Å²) in [7, 11) is 0. The number of hydrogen-bond donors (Lipinski definition) is 0. The monoisotopic (exact) mass is 399 g/mol. The molecule has 1 aliphatic rings. The molecule has 0 N–H and O–H groups in total. The van der Waals surface area contributed by atoms with E-state index in [0.29, 0.717) is 36.7 Å². The summed E-state index contributed by atoms with van der Waals surface area (Å²) in [5, 5.41) is 0.282. The van der Waals surface area contributed by atoms with Crippen molar-refractivity contribution in [3.8, 4) is 0 Å². The maximum absolute atomic E-state index is 13.5. The Bertz CT molecular complexity index is 712. The van der Waals surface area contributed by atoms with Crippen LogP contribution in [0.4, 0.5) is 4.39 Å². The first-order valence-electron chi connectivity index (χ1n) is 8.73. The normalized spacial score (nSPS) is 17.5. The van der Waals surface area contributed by atoms with Gasteiger partial charge in [0.25, 0.3) is 5.91 Å². The molecular formula is C20H24Cl2FNO2. The van der Waals surface area contributed by atoms with Gasteiger partial charge in [0.05, 0.1) is 5.03 Å². The van der Waals surface area contributed by atoms with Gasteiger partial charge in [0, 0.05) is 18.5 Å². The van der Waals surface area contributed by atoms with E-state index >= 15 is 0 Å². The molecule has 0 radical (unpaired) electrons. The first-order chi connectivity index (χ1) is 12.3. The first-order valence-corrected chi connectivity index (χ1v) is 9.54. The molecule has 0 fully saturated rings. The SMILES string of the molecule is CCC(OC(C=CC(C)Cl)=C(C)Cl)C(=O)N1CCc2ccc(F)cc2C1. The molecule has 3 nitrogen and oxygen atoms in total. The molecule has 1 heterocycles. The number of hydrogen-bond acceptors (Lipinski definition) is 2. The molecule has 1 aromatic rings. The maximum Gasteiger partial charge on any atom is 0.263 e. The Morgan fingerprint density at radius 1 is 1.42 bits per heavy atom. The van der Waals surface area contributed by atoms with Crippen molar-refractivity contribution in [3.63, 3.8) is 0 Å². The standard InChI is InChI=1S/C20H24Cl2FNO2/c1-4-18(26-19(14(3)22)8-5-13(2)21)20(25)24-10-9-15-6-7-17(23)11-16(15)12-24/h5-8,11,13,18H,4,9-10,12H2,1-3H3. The van der Waals surface area contributed by atoms with Gasteiger partial charge in [-0.3, -0.25) is 4.79 Å². The highest BCUT2D eigenvalue weighted by Gasteiger charge is 2.28. The lowest BCUT2D eigenvalue weighted by Crippen LogP contribution is -2.43. The van der Waals surface area contributed by atoms with E-state index in [0.717, 1.165) is 11.1 Å². The number of alkyl halides is 1. The number of fused-ring (bicyclic) bond motifs is 1. The number of ether oxygens (including phenoxy) is 1. The lowest BCUT2D eigenvalue weighted by Gasteiger charge is -2.32. The fraction of sp³-hybridized carbons (Fsp3) is 0.450. The Kier molecular flexibility index (Phi) is 7.54. The van der Waals surface area contributed by atoms with Crippen molar-refractivity contribution in [1.82, 2.24) is 4.90 Å². The Morgan fingerprint density at radius 3 is 2.77 bits per heavy atom. The number of carbonyl (C=O) groups excluding carboxylic acids is 1. The number of carbonyl (C=O) groups is 1. The van der Waals surface area contributed by atoms with Crippen LogP contribution >= 0.6 is 23.2 Å². The topological polar surface area (TPSA) is 29.5 Å². The van der Waals surface area contributed by atoms with Gasteiger partial charge in [-0.2, -0.15) is 0 Å². The van der Waals surface area contributed by atoms with E-state index in [9.17, 15) is 9.18 Å². The minimum atomic E-state index is -0.649. The molecule has 1 aromatic carbocycles. The van der Waals surface area contributed by atoms with Crippen molar-refractivity contribution in [2.24, 2.45) is 0 Å². The molecule has 2 atom stereocenters. The highest BCUT2D eigenvalue weighted by Crippen LogP contribution is 2.23. The third kappa shape index (κ3) is 5.49. The van der Waals surface area contributed by atoms with E-state index in [1.807, 2.05) is 13.8 Å². The van der Waals surface area contributed by atoms with Crippen LogP contribution in [0.5, 0.6) is 0 Å². The number of amides is 1. The summed E-state index contributed by atoms with van der Waals surface area (Å²) in [4.78, 5) is 14.6. The summed E-state index contributed by atoms with van der Waals surface area (Å²) < 4.78 is 19.4. The molecule has 6 heteroatoms. The zero-order chi connectivity index (χ0) is 19.3. The molecule has 0 spiro atoms. The Labute approximate surface area is 164 Å². The van der Waals surface area contributed by atoms with E-state index in [-0.39, 0.29) is 17.1 Å². The molecule has 142 valence electrons. The molecule has 1 aliphatic heterocycles. The van der Waals surface area contributed by atoms with Gasteiger partial charge >= 0.3 is 0 Å². The number of rotatable bonds is 6.